The van der Waals surface area contributed by atoms with Gasteiger partial charge in [0.05, 0.1) is 0 Å². The van der Waals surface area contributed by atoms with Gasteiger partial charge in [0.2, 0.25) is 0 Å². The van der Waals surface area contributed by atoms with Crippen LogP contribution >= 0.6 is 15.9 Å². The maximum atomic E-state index is 11.7. The quantitative estimate of drug-likeness (QED) is 0.825. The van der Waals surface area contributed by atoms with E-state index in [2.05, 4.69) is 26.6 Å². The minimum atomic E-state index is -0.131. The highest BCUT2D eigenvalue weighted by Crippen LogP contribution is 2.43. The molecule has 0 bridgehead atoms. The summed E-state index contributed by atoms with van der Waals surface area (Å²) in [5.74, 6) is 0. The Bertz CT molecular complexity index is 421. The number of halogens is 1. The highest BCUT2D eigenvalue weighted by molar-refractivity contribution is 9.10. The van der Waals surface area contributed by atoms with Crippen molar-refractivity contribution in [2.24, 2.45) is 0 Å². The molecule has 0 heterocycles. The van der Waals surface area contributed by atoms with Crippen LogP contribution in [0.4, 0.5) is 10.5 Å². The van der Waals surface area contributed by atoms with Gasteiger partial charge >= 0.3 is 6.03 Å². The molecule has 1 aliphatic rings. The van der Waals surface area contributed by atoms with Crippen LogP contribution in [-0.4, -0.2) is 16.9 Å². The Balaban J connectivity index is 1.93. The van der Waals surface area contributed by atoms with Gasteiger partial charge in [0, 0.05) is 16.6 Å². The molecule has 1 aromatic carbocycles. The van der Waals surface area contributed by atoms with Gasteiger partial charge < -0.3 is 10.6 Å². The first-order valence-electron chi connectivity index (χ1n) is 5.80. The number of hydrogen-bond acceptors (Lipinski definition) is 1. The smallest absolute Gasteiger partial charge is 0.319 e. The van der Waals surface area contributed by atoms with E-state index < -0.39 is 0 Å². The summed E-state index contributed by atoms with van der Waals surface area (Å²) < 4.78 is 0.158. The lowest BCUT2D eigenvalue weighted by Gasteiger charge is -2.13. The molecule has 2 amide bonds. The Labute approximate surface area is 110 Å². The first-order chi connectivity index (χ1) is 8.00. The van der Waals surface area contributed by atoms with Crippen molar-refractivity contribution in [1.82, 2.24) is 5.32 Å². The average molecular weight is 297 g/mol. The van der Waals surface area contributed by atoms with Gasteiger partial charge in [0.1, 0.15) is 0 Å². The van der Waals surface area contributed by atoms with Gasteiger partial charge in [0.25, 0.3) is 0 Å². The van der Waals surface area contributed by atoms with Gasteiger partial charge in [-0.3, -0.25) is 0 Å². The molecule has 92 valence electrons. The second kappa shape index (κ2) is 4.69. The Morgan fingerprint density at radius 3 is 2.47 bits per heavy atom. The number of alkyl halides is 1. The third-order valence-electron chi connectivity index (χ3n) is 3.08. The molecule has 0 radical (unpaired) electrons. The van der Waals surface area contributed by atoms with E-state index in [0.29, 0.717) is 6.54 Å². The molecular weight excluding hydrogens is 280 g/mol. The number of anilines is 1. The van der Waals surface area contributed by atoms with E-state index in [-0.39, 0.29) is 10.4 Å². The topological polar surface area (TPSA) is 41.1 Å². The van der Waals surface area contributed by atoms with Gasteiger partial charge in [0.15, 0.2) is 0 Å². The first-order valence-corrected chi connectivity index (χ1v) is 6.59. The summed E-state index contributed by atoms with van der Waals surface area (Å²) in [5.41, 5.74) is 3.07. The van der Waals surface area contributed by atoms with Crippen molar-refractivity contribution < 1.29 is 4.79 Å². The Morgan fingerprint density at radius 2 is 1.94 bits per heavy atom. The van der Waals surface area contributed by atoms with E-state index in [1.807, 2.05) is 32.0 Å². The van der Waals surface area contributed by atoms with Crippen LogP contribution in [0.25, 0.3) is 0 Å². The molecule has 2 rings (SSSR count). The highest BCUT2D eigenvalue weighted by atomic mass is 79.9. The van der Waals surface area contributed by atoms with E-state index in [1.54, 1.807) is 0 Å². The molecule has 0 unspecified atom stereocenters. The minimum absolute atomic E-state index is 0.131. The maximum Gasteiger partial charge on any atom is 0.319 e. The molecule has 3 nitrogen and oxygen atoms in total. The zero-order valence-corrected chi connectivity index (χ0v) is 11.7. The molecule has 2 N–H and O–H groups in total. The molecule has 17 heavy (non-hydrogen) atoms. The van der Waals surface area contributed by atoms with E-state index in [9.17, 15) is 4.79 Å². The van der Waals surface area contributed by atoms with Gasteiger partial charge in [-0.25, -0.2) is 4.79 Å². The fourth-order valence-corrected chi connectivity index (χ4v) is 2.06. The number of benzene rings is 1. The Morgan fingerprint density at radius 1 is 1.35 bits per heavy atom. The van der Waals surface area contributed by atoms with Crippen molar-refractivity contribution in [2.45, 2.75) is 31.0 Å². The molecule has 1 fully saturated rings. The third kappa shape index (κ3) is 3.22. The number of aryl methyl sites for hydroxylation is 2. The van der Waals surface area contributed by atoms with Crippen LogP contribution in [0.1, 0.15) is 24.0 Å². The molecule has 0 aliphatic heterocycles. The standard InChI is InChI=1S/C13H17BrN2O/c1-9-4-3-5-10(2)11(9)16-12(17)15-8-13(14)6-7-13/h3-5H,6-8H2,1-2H3,(H2,15,16,17). The third-order valence-corrected chi connectivity index (χ3v) is 4.15. The number of nitrogens with one attached hydrogen (secondary N) is 2. The van der Waals surface area contributed by atoms with Crippen LogP contribution < -0.4 is 10.6 Å². The van der Waals surface area contributed by atoms with Crippen LogP contribution in [-0.2, 0) is 0 Å². The number of carbonyl (C=O) groups is 1. The fraction of sp³-hybridized carbons (Fsp3) is 0.462. The van der Waals surface area contributed by atoms with Crippen molar-refractivity contribution in [1.29, 1.82) is 0 Å². The van der Waals surface area contributed by atoms with Crippen LogP contribution in [0.5, 0.6) is 0 Å². The number of amides is 2. The Hall–Kier alpha value is -1.03. The highest BCUT2D eigenvalue weighted by Gasteiger charge is 2.39. The molecular formula is C13H17BrN2O. The van der Waals surface area contributed by atoms with Crippen LogP contribution in [0.3, 0.4) is 0 Å². The van der Waals surface area contributed by atoms with Crippen LogP contribution in [0, 0.1) is 13.8 Å². The molecule has 0 atom stereocenters. The Kier molecular flexibility index (Phi) is 3.43. The van der Waals surface area contributed by atoms with Crippen molar-refractivity contribution >= 4 is 27.6 Å². The number of para-hydroxylation sites is 1. The molecule has 0 aromatic heterocycles. The normalized spacial score (nSPS) is 16.4. The number of carbonyl (C=O) groups excluding carboxylic acids is 1. The molecule has 1 aliphatic carbocycles. The number of urea groups is 1. The van der Waals surface area contributed by atoms with E-state index in [0.717, 1.165) is 29.7 Å². The molecule has 1 aromatic rings. The summed E-state index contributed by atoms with van der Waals surface area (Å²) in [6.07, 6.45) is 2.27. The lowest BCUT2D eigenvalue weighted by Crippen LogP contribution is -2.34. The minimum Gasteiger partial charge on any atom is -0.336 e. The molecule has 4 heteroatoms. The molecule has 0 spiro atoms. The average Bonchev–Trinajstić information content (AvgIpc) is 3.00. The summed E-state index contributed by atoms with van der Waals surface area (Å²) in [6, 6.07) is 5.85. The van der Waals surface area contributed by atoms with E-state index >= 15 is 0 Å². The summed E-state index contributed by atoms with van der Waals surface area (Å²) in [4.78, 5) is 11.7. The van der Waals surface area contributed by atoms with E-state index in [4.69, 9.17) is 0 Å². The number of rotatable bonds is 3. The lowest BCUT2D eigenvalue weighted by molar-refractivity contribution is 0.252. The van der Waals surface area contributed by atoms with Crippen LogP contribution in [0.15, 0.2) is 18.2 Å². The van der Waals surface area contributed by atoms with Crippen molar-refractivity contribution in [2.75, 3.05) is 11.9 Å². The predicted molar refractivity (Wildman–Crippen MR) is 73.8 cm³/mol. The lowest BCUT2D eigenvalue weighted by atomic mass is 10.1. The summed E-state index contributed by atoms with van der Waals surface area (Å²) in [6.45, 7) is 4.68. The zero-order valence-electron chi connectivity index (χ0n) is 10.1. The molecule has 1 saturated carbocycles. The van der Waals surface area contributed by atoms with Crippen molar-refractivity contribution in [3.8, 4) is 0 Å². The van der Waals surface area contributed by atoms with Crippen molar-refractivity contribution in [3.05, 3.63) is 29.3 Å². The summed E-state index contributed by atoms with van der Waals surface area (Å²) >= 11 is 3.59. The van der Waals surface area contributed by atoms with Crippen molar-refractivity contribution in [3.63, 3.8) is 0 Å². The van der Waals surface area contributed by atoms with Gasteiger partial charge in [-0.1, -0.05) is 34.1 Å². The predicted octanol–water partition coefficient (Wildman–Crippen LogP) is 3.35. The van der Waals surface area contributed by atoms with Gasteiger partial charge in [-0.2, -0.15) is 0 Å². The van der Waals surface area contributed by atoms with Gasteiger partial charge in [-0.05, 0) is 37.8 Å². The zero-order chi connectivity index (χ0) is 12.5. The second-order valence-corrected chi connectivity index (χ2v) is 6.41. The second-order valence-electron chi connectivity index (χ2n) is 4.73. The summed E-state index contributed by atoms with van der Waals surface area (Å²) in [5, 5.41) is 5.80. The SMILES string of the molecule is Cc1cccc(C)c1NC(=O)NCC1(Br)CC1. The fourth-order valence-electron chi connectivity index (χ4n) is 1.72. The number of hydrogen-bond donors (Lipinski definition) is 2. The van der Waals surface area contributed by atoms with Crippen LogP contribution in [0.2, 0.25) is 0 Å². The largest absolute Gasteiger partial charge is 0.336 e. The summed E-state index contributed by atoms with van der Waals surface area (Å²) in [7, 11) is 0. The van der Waals surface area contributed by atoms with Gasteiger partial charge in [-0.15, -0.1) is 0 Å². The van der Waals surface area contributed by atoms with E-state index in [1.165, 1.54) is 0 Å². The first kappa shape index (κ1) is 12.4. The maximum absolute atomic E-state index is 11.7. The monoisotopic (exact) mass is 296 g/mol. The molecule has 0 saturated heterocycles.